The van der Waals surface area contributed by atoms with Crippen molar-refractivity contribution < 1.29 is 4.74 Å². The summed E-state index contributed by atoms with van der Waals surface area (Å²) < 4.78 is 6.80. The van der Waals surface area contributed by atoms with Gasteiger partial charge in [-0.25, -0.2) is 9.97 Å². The van der Waals surface area contributed by atoms with E-state index in [9.17, 15) is 5.26 Å². The molecule has 58 heavy (non-hydrogen) atoms. The van der Waals surface area contributed by atoms with Gasteiger partial charge in [0.15, 0.2) is 5.82 Å². The summed E-state index contributed by atoms with van der Waals surface area (Å²) in [5, 5.41) is 9.91. The van der Waals surface area contributed by atoms with Crippen LogP contribution in [0.25, 0.3) is 67.3 Å². The second kappa shape index (κ2) is 13.4. The Bertz CT molecular complexity index is 3010. The van der Waals surface area contributed by atoms with E-state index in [4.69, 9.17) is 14.7 Å². The number of nitrogens with zero attached hydrogens (tertiary/aromatic N) is 3. The standard InChI is InChI=1S/C54H33N3O/c55-34-35-25-27-47-51(29-35)58-52-32-41(26-28-48(52)54(47)45-23-9-7-21-43(45)44-22-8-10-24-46(44)54)39-18-11-17-38(30-39)40-19-12-20-42(31-40)50-33-49(36-13-3-1-4-14-36)56-53(57-50)37-15-5-2-6-16-37/h1-33H. The zero-order valence-electron chi connectivity index (χ0n) is 31.3. The van der Waals surface area contributed by atoms with Crippen molar-refractivity contribution in [1.29, 1.82) is 5.26 Å². The first-order valence-electron chi connectivity index (χ1n) is 19.4. The number of hydrogen-bond donors (Lipinski definition) is 0. The van der Waals surface area contributed by atoms with Gasteiger partial charge in [0.2, 0.25) is 0 Å². The average Bonchev–Trinajstić information content (AvgIpc) is 3.59. The van der Waals surface area contributed by atoms with Crippen LogP contribution in [0.4, 0.5) is 0 Å². The molecular weight excluding hydrogens is 707 g/mol. The predicted molar refractivity (Wildman–Crippen MR) is 231 cm³/mol. The van der Waals surface area contributed by atoms with Crippen LogP contribution in [0.5, 0.6) is 11.5 Å². The average molecular weight is 740 g/mol. The highest BCUT2D eigenvalue weighted by Gasteiger charge is 2.51. The third-order valence-corrected chi connectivity index (χ3v) is 11.6. The molecule has 0 unspecified atom stereocenters. The van der Waals surface area contributed by atoms with Crippen molar-refractivity contribution in [2.24, 2.45) is 0 Å². The van der Waals surface area contributed by atoms with Crippen molar-refractivity contribution in [1.82, 2.24) is 9.97 Å². The number of benzene rings is 8. The minimum absolute atomic E-state index is 0.567. The molecule has 1 aliphatic carbocycles. The van der Waals surface area contributed by atoms with E-state index in [1.54, 1.807) is 0 Å². The number of rotatable bonds is 5. The first-order chi connectivity index (χ1) is 28.7. The van der Waals surface area contributed by atoms with Crippen molar-refractivity contribution in [3.63, 3.8) is 0 Å². The first kappa shape index (κ1) is 33.5. The second-order valence-corrected chi connectivity index (χ2v) is 14.8. The SMILES string of the molecule is N#Cc1ccc2c(c1)Oc1cc(-c3cccc(-c4cccc(-c5cc(-c6ccccc6)nc(-c6ccccc6)n5)c4)c3)ccc1C21c2ccccc2-c2ccccc21. The zero-order valence-corrected chi connectivity index (χ0v) is 31.3. The highest BCUT2D eigenvalue weighted by molar-refractivity contribution is 5.89. The summed E-state index contributed by atoms with van der Waals surface area (Å²) in [4.78, 5) is 10.1. The van der Waals surface area contributed by atoms with Gasteiger partial charge in [-0.3, -0.25) is 0 Å². The van der Waals surface area contributed by atoms with Gasteiger partial charge in [-0.15, -0.1) is 0 Å². The lowest BCUT2D eigenvalue weighted by molar-refractivity contribution is 0.436. The minimum Gasteiger partial charge on any atom is -0.457 e. The molecule has 2 heterocycles. The maximum absolute atomic E-state index is 9.91. The van der Waals surface area contributed by atoms with Gasteiger partial charge in [0.25, 0.3) is 0 Å². The van der Waals surface area contributed by atoms with Gasteiger partial charge in [-0.2, -0.15) is 5.26 Å². The second-order valence-electron chi connectivity index (χ2n) is 14.8. The van der Waals surface area contributed by atoms with E-state index in [1.165, 1.54) is 22.3 Å². The Morgan fingerprint density at radius 1 is 0.379 bits per heavy atom. The van der Waals surface area contributed by atoms with Gasteiger partial charge >= 0.3 is 0 Å². The normalized spacial score (nSPS) is 12.7. The smallest absolute Gasteiger partial charge is 0.160 e. The summed E-state index contributed by atoms with van der Waals surface area (Å²) >= 11 is 0. The molecule has 11 rings (SSSR count). The number of nitriles is 1. The van der Waals surface area contributed by atoms with E-state index in [1.807, 2.05) is 48.5 Å². The fourth-order valence-electron chi connectivity index (χ4n) is 8.97. The lowest BCUT2D eigenvalue weighted by Gasteiger charge is -2.39. The lowest BCUT2D eigenvalue weighted by Crippen LogP contribution is -2.32. The molecule has 0 amide bonds. The summed E-state index contributed by atoms with van der Waals surface area (Å²) in [6, 6.07) is 71.9. The maximum atomic E-state index is 9.91. The molecule has 1 spiro atoms. The summed E-state index contributed by atoms with van der Waals surface area (Å²) in [5.74, 6) is 2.18. The van der Waals surface area contributed by atoms with Crippen molar-refractivity contribution in [3.05, 3.63) is 228 Å². The number of aromatic nitrogens is 2. The van der Waals surface area contributed by atoms with Crippen LogP contribution < -0.4 is 4.74 Å². The third kappa shape index (κ3) is 5.29. The molecule has 0 N–H and O–H groups in total. The van der Waals surface area contributed by atoms with Crippen LogP contribution in [0.15, 0.2) is 200 Å². The minimum atomic E-state index is -0.591. The van der Waals surface area contributed by atoms with Crippen LogP contribution in [-0.2, 0) is 5.41 Å². The Morgan fingerprint density at radius 3 is 1.50 bits per heavy atom. The van der Waals surface area contributed by atoms with Gasteiger partial charge in [-0.05, 0) is 80.9 Å². The molecule has 0 saturated carbocycles. The Hall–Kier alpha value is -7.87. The molecule has 4 nitrogen and oxygen atoms in total. The molecule has 4 heteroatoms. The molecule has 0 radical (unpaired) electrons. The van der Waals surface area contributed by atoms with Crippen LogP contribution in [0.1, 0.15) is 27.8 Å². The van der Waals surface area contributed by atoms with Gasteiger partial charge in [0.05, 0.1) is 28.4 Å². The Labute approximate surface area is 337 Å². The fraction of sp³-hybridized carbons (Fsp3) is 0.0185. The zero-order chi connectivity index (χ0) is 38.6. The van der Waals surface area contributed by atoms with Gasteiger partial charge in [0.1, 0.15) is 11.5 Å². The molecule has 2 aliphatic rings. The maximum Gasteiger partial charge on any atom is 0.160 e. The van der Waals surface area contributed by atoms with Crippen molar-refractivity contribution in [2.75, 3.05) is 0 Å². The predicted octanol–water partition coefficient (Wildman–Crippen LogP) is 13.2. The van der Waals surface area contributed by atoms with E-state index in [-0.39, 0.29) is 0 Å². The van der Waals surface area contributed by atoms with Crippen LogP contribution in [0, 0.1) is 11.3 Å². The van der Waals surface area contributed by atoms with Crippen molar-refractivity contribution in [3.8, 4) is 84.9 Å². The van der Waals surface area contributed by atoms with Gasteiger partial charge in [-0.1, -0.05) is 164 Å². The number of hydrogen-bond acceptors (Lipinski definition) is 4. The molecule has 0 atom stereocenters. The molecular formula is C54H33N3O. The van der Waals surface area contributed by atoms with Crippen molar-refractivity contribution in [2.45, 2.75) is 5.41 Å². The third-order valence-electron chi connectivity index (χ3n) is 11.6. The summed E-state index contributed by atoms with van der Waals surface area (Å²) in [7, 11) is 0. The Kier molecular flexibility index (Phi) is 7.74. The van der Waals surface area contributed by atoms with E-state index in [0.717, 1.165) is 67.2 Å². The monoisotopic (exact) mass is 739 g/mol. The summed E-state index contributed by atoms with van der Waals surface area (Å²) in [6.07, 6.45) is 0. The van der Waals surface area contributed by atoms with E-state index in [2.05, 4.69) is 158 Å². The lowest BCUT2D eigenvalue weighted by atomic mass is 9.66. The van der Waals surface area contributed by atoms with Gasteiger partial charge in [0, 0.05) is 27.8 Å². The highest BCUT2D eigenvalue weighted by Crippen LogP contribution is 2.62. The molecule has 8 aromatic carbocycles. The fourth-order valence-corrected chi connectivity index (χ4v) is 8.97. The molecule has 1 aliphatic heterocycles. The molecule has 1 aromatic heterocycles. The number of fused-ring (bicyclic) bond motifs is 9. The van der Waals surface area contributed by atoms with E-state index < -0.39 is 5.41 Å². The molecule has 0 saturated heterocycles. The van der Waals surface area contributed by atoms with Crippen LogP contribution in [0.3, 0.4) is 0 Å². The van der Waals surface area contributed by atoms with E-state index in [0.29, 0.717) is 17.1 Å². The molecule has 9 aromatic rings. The van der Waals surface area contributed by atoms with Crippen LogP contribution in [0.2, 0.25) is 0 Å². The highest BCUT2D eigenvalue weighted by atomic mass is 16.5. The molecule has 270 valence electrons. The quantitative estimate of drug-likeness (QED) is 0.176. The van der Waals surface area contributed by atoms with E-state index >= 15 is 0 Å². The topological polar surface area (TPSA) is 58.8 Å². The molecule has 0 fully saturated rings. The number of ether oxygens (including phenoxy) is 1. The molecule has 0 bridgehead atoms. The van der Waals surface area contributed by atoms with Crippen LogP contribution >= 0.6 is 0 Å². The Morgan fingerprint density at radius 2 is 0.862 bits per heavy atom. The van der Waals surface area contributed by atoms with Crippen LogP contribution in [-0.4, -0.2) is 9.97 Å². The first-order valence-corrected chi connectivity index (χ1v) is 19.4. The largest absolute Gasteiger partial charge is 0.457 e. The van der Waals surface area contributed by atoms with Gasteiger partial charge < -0.3 is 4.74 Å². The Balaban J connectivity index is 1.01. The summed E-state index contributed by atoms with van der Waals surface area (Å²) in [5.41, 5.74) is 16.1. The summed E-state index contributed by atoms with van der Waals surface area (Å²) in [6.45, 7) is 0. The van der Waals surface area contributed by atoms with Crippen molar-refractivity contribution >= 4 is 0 Å².